The summed E-state index contributed by atoms with van der Waals surface area (Å²) in [5.74, 6) is -0.576. The third-order valence-electron chi connectivity index (χ3n) is 4.17. The molecule has 0 saturated carbocycles. The maximum atomic E-state index is 12.3. The van der Waals surface area contributed by atoms with Crippen molar-refractivity contribution in [1.82, 2.24) is 19.4 Å². The van der Waals surface area contributed by atoms with Crippen molar-refractivity contribution in [3.8, 4) is 6.07 Å². The van der Waals surface area contributed by atoms with Crippen molar-refractivity contribution in [3.05, 3.63) is 89.5 Å². The Morgan fingerprint density at radius 2 is 1.93 bits per heavy atom. The number of fused-ring (bicyclic) bond motifs is 1. The van der Waals surface area contributed by atoms with Crippen molar-refractivity contribution in [2.45, 2.75) is 13.2 Å². The minimum atomic E-state index is -0.576. The number of rotatable bonds is 5. The summed E-state index contributed by atoms with van der Waals surface area (Å²) in [4.78, 5) is 12.3. The third-order valence-corrected chi connectivity index (χ3v) is 4.17. The summed E-state index contributed by atoms with van der Waals surface area (Å²) >= 11 is 0. The average molecular weight is 357 g/mol. The van der Waals surface area contributed by atoms with E-state index in [0.717, 1.165) is 11.1 Å². The zero-order chi connectivity index (χ0) is 18.6. The Hall–Kier alpha value is -3.92. The van der Waals surface area contributed by atoms with Crippen LogP contribution in [-0.2, 0) is 17.9 Å². The highest BCUT2D eigenvalue weighted by Gasteiger charge is 2.16. The Kier molecular flexibility index (Phi) is 4.37. The van der Waals surface area contributed by atoms with E-state index in [1.54, 1.807) is 17.1 Å². The molecule has 0 radical (unpaired) electrons. The predicted molar refractivity (Wildman–Crippen MR) is 96.8 cm³/mol. The van der Waals surface area contributed by atoms with Gasteiger partial charge in [-0.25, -0.2) is 9.48 Å². The second kappa shape index (κ2) is 7.14. The van der Waals surface area contributed by atoms with Gasteiger partial charge in [-0.05, 0) is 17.7 Å². The normalized spacial score (nSPS) is 10.6. The first kappa shape index (κ1) is 16.5. The molecule has 0 fully saturated rings. The van der Waals surface area contributed by atoms with Crippen molar-refractivity contribution < 1.29 is 9.53 Å². The molecule has 4 aromatic rings. The molecule has 0 amide bonds. The van der Waals surface area contributed by atoms with E-state index in [9.17, 15) is 10.1 Å². The van der Waals surface area contributed by atoms with Crippen molar-refractivity contribution in [1.29, 1.82) is 5.26 Å². The lowest BCUT2D eigenvalue weighted by molar-refractivity contribution is 0.0465. The van der Waals surface area contributed by atoms with E-state index >= 15 is 0 Å². The lowest BCUT2D eigenvalue weighted by atomic mass is 10.2. The third kappa shape index (κ3) is 3.41. The van der Waals surface area contributed by atoms with Crippen LogP contribution in [0.25, 0.3) is 5.52 Å². The predicted octanol–water partition coefficient (Wildman–Crippen LogP) is 2.81. The van der Waals surface area contributed by atoms with E-state index in [-0.39, 0.29) is 12.3 Å². The van der Waals surface area contributed by atoms with Crippen LogP contribution in [0.4, 0.5) is 0 Å². The van der Waals surface area contributed by atoms with E-state index in [1.165, 1.54) is 0 Å². The number of nitrogens with zero attached hydrogens (tertiary/aromatic N) is 5. The Labute approximate surface area is 155 Å². The highest BCUT2D eigenvalue weighted by atomic mass is 16.5. The Balaban J connectivity index is 1.45. The van der Waals surface area contributed by atoms with Gasteiger partial charge in [0, 0.05) is 18.0 Å². The number of pyridine rings is 1. The largest absolute Gasteiger partial charge is 0.456 e. The number of benzene rings is 1. The van der Waals surface area contributed by atoms with Gasteiger partial charge in [0.2, 0.25) is 0 Å². The lowest BCUT2D eigenvalue weighted by Gasteiger charge is -2.01. The zero-order valence-electron chi connectivity index (χ0n) is 14.3. The summed E-state index contributed by atoms with van der Waals surface area (Å²) in [5, 5.41) is 17.2. The molecule has 27 heavy (non-hydrogen) atoms. The maximum absolute atomic E-state index is 12.3. The van der Waals surface area contributed by atoms with E-state index in [2.05, 4.69) is 16.4 Å². The van der Waals surface area contributed by atoms with Gasteiger partial charge in [-0.15, -0.1) is 5.10 Å². The molecule has 4 rings (SSSR count). The van der Waals surface area contributed by atoms with Crippen LogP contribution in [0.15, 0.2) is 67.1 Å². The first-order chi connectivity index (χ1) is 13.2. The van der Waals surface area contributed by atoms with Crippen molar-refractivity contribution in [2.75, 3.05) is 0 Å². The van der Waals surface area contributed by atoms with Crippen LogP contribution in [0.1, 0.15) is 27.2 Å². The average Bonchev–Trinajstić information content (AvgIpc) is 3.31. The van der Waals surface area contributed by atoms with Gasteiger partial charge in [-0.1, -0.05) is 41.6 Å². The standard InChI is InChI=1S/C20H15N5O2/c21-10-17-16(12-24-9-5-4-8-19(17)24)14-27-20(26)18-13-25(23-22-18)11-15-6-2-1-3-7-15/h1-9,12-13H,11,14H2. The highest BCUT2D eigenvalue weighted by Crippen LogP contribution is 2.19. The number of carbonyl (C=O) groups is 1. The molecule has 3 heterocycles. The topological polar surface area (TPSA) is 85.2 Å². The molecule has 0 aliphatic heterocycles. The number of nitriles is 1. The van der Waals surface area contributed by atoms with E-state index < -0.39 is 5.97 Å². The van der Waals surface area contributed by atoms with Crippen LogP contribution in [0.5, 0.6) is 0 Å². The van der Waals surface area contributed by atoms with Crippen molar-refractivity contribution >= 4 is 11.5 Å². The lowest BCUT2D eigenvalue weighted by Crippen LogP contribution is -2.06. The summed E-state index contributed by atoms with van der Waals surface area (Å²) in [5.41, 5.74) is 3.11. The zero-order valence-corrected chi connectivity index (χ0v) is 14.3. The van der Waals surface area contributed by atoms with Gasteiger partial charge in [0.25, 0.3) is 0 Å². The van der Waals surface area contributed by atoms with Gasteiger partial charge in [-0.3, -0.25) is 0 Å². The van der Waals surface area contributed by atoms with Crippen molar-refractivity contribution in [3.63, 3.8) is 0 Å². The highest BCUT2D eigenvalue weighted by molar-refractivity contribution is 5.86. The van der Waals surface area contributed by atoms with Crippen LogP contribution >= 0.6 is 0 Å². The van der Waals surface area contributed by atoms with Crippen LogP contribution < -0.4 is 0 Å². The number of aromatic nitrogens is 4. The van der Waals surface area contributed by atoms with Gasteiger partial charge in [0.1, 0.15) is 12.7 Å². The van der Waals surface area contributed by atoms with Crippen LogP contribution in [0.3, 0.4) is 0 Å². The minimum absolute atomic E-state index is 0.00501. The monoisotopic (exact) mass is 357 g/mol. The van der Waals surface area contributed by atoms with Crippen molar-refractivity contribution in [2.24, 2.45) is 0 Å². The molecule has 0 saturated heterocycles. The SMILES string of the molecule is N#Cc1c(COC(=O)c2cn(Cc3ccccc3)nn2)cn2ccccc12. The molecular weight excluding hydrogens is 342 g/mol. The van der Waals surface area contributed by atoms with Crippen LogP contribution in [0.2, 0.25) is 0 Å². The minimum Gasteiger partial charge on any atom is -0.456 e. The van der Waals surface area contributed by atoms with Gasteiger partial charge in [0.15, 0.2) is 5.69 Å². The van der Waals surface area contributed by atoms with E-state index in [4.69, 9.17) is 4.74 Å². The second-order valence-electron chi connectivity index (χ2n) is 6.00. The molecule has 3 aromatic heterocycles. The second-order valence-corrected chi connectivity index (χ2v) is 6.00. The van der Waals surface area contributed by atoms with Crippen LogP contribution in [0, 0.1) is 11.3 Å². The molecule has 0 aliphatic carbocycles. The first-order valence-corrected chi connectivity index (χ1v) is 8.34. The molecule has 0 N–H and O–H groups in total. The Morgan fingerprint density at radius 3 is 2.74 bits per heavy atom. The fraction of sp³-hybridized carbons (Fsp3) is 0.100. The molecule has 0 aliphatic rings. The molecule has 0 bridgehead atoms. The van der Waals surface area contributed by atoms with Crippen LogP contribution in [-0.4, -0.2) is 25.4 Å². The number of hydrogen-bond donors (Lipinski definition) is 0. The van der Waals surface area contributed by atoms with Gasteiger partial charge >= 0.3 is 5.97 Å². The fourth-order valence-electron chi connectivity index (χ4n) is 2.87. The maximum Gasteiger partial charge on any atom is 0.360 e. The summed E-state index contributed by atoms with van der Waals surface area (Å²) in [6.07, 6.45) is 5.18. The quantitative estimate of drug-likeness (QED) is 0.513. The summed E-state index contributed by atoms with van der Waals surface area (Å²) in [7, 11) is 0. The molecule has 1 aromatic carbocycles. The number of hydrogen-bond acceptors (Lipinski definition) is 5. The number of carbonyl (C=O) groups excluding carboxylic acids is 1. The Morgan fingerprint density at radius 1 is 1.11 bits per heavy atom. The Bertz CT molecular complexity index is 1140. The fourth-order valence-corrected chi connectivity index (χ4v) is 2.87. The smallest absolute Gasteiger partial charge is 0.360 e. The summed E-state index contributed by atoms with van der Waals surface area (Å²) in [6, 6.07) is 17.5. The van der Waals surface area contributed by atoms with E-state index in [1.807, 2.05) is 59.1 Å². The number of ether oxygens (including phenoxy) is 1. The van der Waals surface area contributed by atoms with Gasteiger partial charge < -0.3 is 9.14 Å². The molecule has 132 valence electrons. The van der Waals surface area contributed by atoms with Gasteiger partial charge in [0.05, 0.1) is 23.8 Å². The number of esters is 1. The van der Waals surface area contributed by atoms with E-state index in [0.29, 0.717) is 17.7 Å². The summed E-state index contributed by atoms with van der Waals surface area (Å²) < 4.78 is 8.74. The molecule has 7 nitrogen and oxygen atoms in total. The molecular formula is C20H15N5O2. The summed E-state index contributed by atoms with van der Waals surface area (Å²) in [6.45, 7) is 0.513. The molecule has 7 heteroatoms. The molecule has 0 spiro atoms. The molecule has 0 unspecified atom stereocenters. The first-order valence-electron chi connectivity index (χ1n) is 8.34. The molecule has 0 atom stereocenters. The van der Waals surface area contributed by atoms with Gasteiger partial charge in [-0.2, -0.15) is 5.26 Å².